The third-order valence-electron chi connectivity index (χ3n) is 4.14. The predicted octanol–water partition coefficient (Wildman–Crippen LogP) is 5.65. The van der Waals surface area contributed by atoms with Gasteiger partial charge in [-0.05, 0) is 24.1 Å². The summed E-state index contributed by atoms with van der Waals surface area (Å²) in [4.78, 5) is 0. The minimum atomic E-state index is -1.72. The molecule has 0 radical (unpaired) electrons. The summed E-state index contributed by atoms with van der Waals surface area (Å²) in [5.74, 6) is 0. The van der Waals surface area contributed by atoms with Crippen LogP contribution >= 0.6 is 0 Å². The van der Waals surface area contributed by atoms with Gasteiger partial charge in [0.2, 0.25) is 0 Å². The Labute approximate surface area is 119 Å². The van der Waals surface area contributed by atoms with Crippen LogP contribution in [0.3, 0.4) is 0 Å². The predicted molar refractivity (Wildman–Crippen MR) is 86.7 cm³/mol. The minimum Gasteiger partial charge on any atom is -0.549 e. The normalized spacial score (nSPS) is 13.7. The molecule has 0 amide bonds. The van der Waals surface area contributed by atoms with Crippen molar-refractivity contribution in [3.8, 4) is 0 Å². The Kier molecular flexibility index (Phi) is 6.93. The third kappa shape index (κ3) is 4.24. The molecule has 0 spiro atoms. The van der Waals surface area contributed by atoms with Gasteiger partial charge in [-0.3, -0.25) is 0 Å². The maximum Gasteiger partial charge on any atom is 0.256 e. The Morgan fingerprint density at radius 3 is 2.26 bits per heavy atom. The van der Waals surface area contributed by atoms with Crippen LogP contribution in [0.15, 0.2) is 42.7 Å². The molecular formula is C17H28OSi. The molecule has 1 nitrogen and oxygen atoms in total. The van der Waals surface area contributed by atoms with Gasteiger partial charge in [0.15, 0.2) is 0 Å². The number of unbranched alkanes of at least 4 members (excludes halogenated alkanes) is 1. The SMILES string of the molecule is CCC/C=C/O[Si](CC)(CC)[C@@H](C)c1ccccc1. The van der Waals surface area contributed by atoms with E-state index in [9.17, 15) is 0 Å². The molecule has 0 saturated carbocycles. The lowest BCUT2D eigenvalue weighted by Crippen LogP contribution is -2.41. The van der Waals surface area contributed by atoms with Crippen LogP contribution in [-0.4, -0.2) is 8.32 Å². The molecular weight excluding hydrogens is 248 g/mol. The fourth-order valence-electron chi connectivity index (χ4n) is 2.59. The molecule has 0 saturated heterocycles. The van der Waals surface area contributed by atoms with Crippen LogP contribution in [-0.2, 0) is 4.43 Å². The van der Waals surface area contributed by atoms with Crippen LogP contribution in [0.4, 0.5) is 0 Å². The van der Waals surface area contributed by atoms with E-state index < -0.39 is 8.32 Å². The van der Waals surface area contributed by atoms with Gasteiger partial charge in [0.05, 0.1) is 6.26 Å². The molecule has 2 heteroatoms. The molecule has 0 aromatic heterocycles. The quantitative estimate of drug-likeness (QED) is 0.440. The minimum absolute atomic E-state index is 0.537. The van der Waals surface area contributed by atoms with Gasteiger partial charge in [-0.15, -0.1) is 0 Å². The smallest absolute Gasteiger partial charge is 0.256 e. The van der Waals surface area contributed by atoms with Crippen molar-refractivity contribution < 1.29 is 4.43 Å². The summed E-state index contributed by atoms with van der Waals surface area (Å²) in [6.45, 7) is 9.09. The van der Waals surface area contributed by atoms with Crippen molar-refractivity contribution in [3.63, 3.8) is 0 Å². The van der Waals surface area contributed by atoms with E-state index >= 15 is 0 Å². The molecule has 1 aromatic carbocycles. The van der Waals surface area contributed by atoms with Crippen LogP contribution in [0.25, 0.3) is 0 Å². The highest BCUT2D eigenvalue weighted by Crippen LogP contribution is 2.33. The maximum atomic E-state index is 6.30. The largest absolute Gasteiger partial charge is 0.549 e. The van der Waals surface area contributed by atoms with Gasteiger partial charge in [-0.1, -0.05) is 70.5 Å². The van der Waals surface area contributed by atoms with Crippen LogP contribution in [0.5, 0.6) is 0 Å². The average Bonchev–Trinajstić information content (AvgIpc) is 2.48. The molecule has 0 heterocycles. The van der Waals surface area contributed by atoms with Crippen molar-refractivity contribution in [2.24, 2.45) is 0 Å². The van der Waals surface area contributed by atoms with Crippen molar-refractivity contribution in [1.82, 2.24) is 0 Å². The van der Waals surface area contributed by atoms with Gasteiger partial charge in [-0.2, -0.15) is 0 Å². The van der Waals surface area contributed by atoms with Gasteiger partial charge in [-0.25, -0.2) is 0 Å². The molecule has 0 N–H and O–H groups in total. The molecule has 0 aliphatic heterocycles. The van der Waals surface area contributed by atoms with E-state index in [4.69, 9.17) is 4.43 Å². The molecule has 0 unspecified atom stereocenters. The zero-order chi connectivity index (χ0) is 14.1. The van der Waals surface area contributed by atoms with Gasteiger partial charge in [0.25, 0.3) is 8.32 Å². The first-order chi connectivity index (χ1) is 9.20. The first kappa shape index (κ1) is 16.0. The van der Waals surface area contributed by atoms with E-state index in [1.807, 2.05) is 6.26 Å². The van der Waals surface area contributed by atoms with Gasteiger partial charge in [0, 0.05) is 5.54 Å². The molecule has 0 fully saturated rings. The van der Waals surface area contributed by atoms with Gasteiger partial charge in [0.1, 0.15) is 0 Å². The van der Waals surface area contributed by atoms with Crippen molar-refractivity contribution >= 4 is 8.32 Å². The van der Waals surface area contributed by atoms with Crippen molar-refractivity contribution in [2.45, 2.75) is 58.2 Å². The summed E-state index contributed by atoms with van der Waals surface area (Å²) in [7, 11) is -1.72. The first-order valence-corrected chi connectivity index (χ1v) is 9.98. The summed E-state index contributed by atoms with van der Waals surface area (Å²) in [5, 5.41) is 0. The summed E-state index contributed by atoms with van der Waals surface area (Å²) in [6.07, 6.45) is 6.44. The van der Waals surface area contributed by atoms with E-state index in [0.717, 1.165) is 18.5 Å². The average molecular weight is 276 g/mol. The fourth-order valence-corrected chi connectivity index (χ4v) is 6.02. The van der Waals surface area contributed by atoms with Crippen LogP contribution < -0.4 is 0 Å². The summed E-state index contributed by atoms with van der Waals surface area (Å²) >= 11 is 0. The van der Waals surface area contributed by atoms with E-state index in [1.54, 1.807) is 0 Å². The molecule has 0 aliphatic carbocycles. The number of hydrogen-bond donors (Lipinski definition) is 0. The second-order valence-electron chi connectivity index (χ2n) is 5.18. The monoisotopic (exact) mass is 276 g/mol. The second kappa shape index (κ2) is 8.21. The topological polar surface area (TPSA) is 9.23 Å². The molecule has 0 aliphatic rings. The third-order valence-corrected chi connectivity index (χ3v) is 9.05. The van der Waals surface area contributed by atoms with E-state index in [1.165, 1.54) is 12.0 Å². The van der Waals surface area contributed by atoms with Crippen molar-refractivity contribution in [1.29, 1.82) is 0 Å². The zero-order valence-corrected chi connectivity index (χ0v) is 13.9. The molecule has 106 valence electrons. The Morgan fingerprint density at radius 2 is 1.74 bits per heavy atom. The summed E-state index contributed by atoms with van der Waals surface area (Å²) in [5.41, 5.74) is 1.96. The molecule has 1 aromatic rings. The second-order valence-corrected chi connectivity index (χ2v) is 9.83. The summed E-state index contributed by atoms with van der Waals surface area (Å²) in [6, 6.07) is 13.1. The first-order valence-electron chi connectivity index (χ1n) is 7.58. The number of benzene rings is 1. The fraction of sp³-hybridized carbons (Fsp3) is 0.529. The van der Waals surface area contributed by atoms with Crippen LogP contribution in [0.2, 0.25) is 12.1 Å². The highest BCUT2D eigenvalue weighted by Gasteiger charge is 2.39. The molecule has 1 atom stereocenters. The molecule has 0 bridgehead atoms. The van der Waals surface area contributed by atoms with Crippen molar-refractivity contribution in [2.75, 3.05) is 0 Å². The molecule has 1 rings (SSSR count). The van der Waals surface area contributed by atoms with E-state index in [2.05, 4.69) is 64.1 Å². The molecule has 19 heavy (non-hydrogen) atoms. The van der Waals surface area contributed by atoms with E-state index in [0.29, 0.717) is 5.54 Å². The maximum absolute atomic E-state index is 6.30. The highest BCUT2D eigenvalue weighted by molar-refractivity contribution is 6.75. The number of rotatable bonds is 8. The highest BCUT2D eigenvalue weighted by atomic mass is 28.4. The number of allylic oxidation sites excluding steroid dienone is 1. The lowest BCUT2D eigenvalue weighted by molar-refractivity contribution is 0.441. The summed E-state index contributed by atoms with van der Waals surface area (Å²) < 4.78 is 6.30. The van der Waals surface area contributed by atoms with E-state index in [-0.39, 0.29) is 0 Å². The Bertz CT molecular complexity index is 368. The van der Waals surface area contributed by atoms with Crippen molar-refractivity contribution in [3.05, 3.63) is 48.2 Å². The standard InChI is InChI=1S/C17H28OSi/c1-5-8-12-15-18-19(6-2,7-3)16(4)17-13-10-9-11-14-17/h9-16H,5-8H2,1-4H3/b15-12+/t16-/m0/s1. The van der Waals surface area contributed by atoms with Crippen LogP contribution in [0.1, 0.15) is 51.6 Å². The Morgan fingerprint density at radius 1 is 1.11 bits per heavy atom. The lowest BCUT2D eigenvalue weighted by atomic mass is 10.2. The Hall–Kier alpha value is -1.02. The van der Waals surface area contributed by atoms with Gasteiger partial charge < -0.3 is 4.43 Å². The number of hydrogen-bond acceptors (Lipinski definition) is 1. The van der Waals surface area contributed by atoms with Gasteiger partial charge >= 0.3 is 0 Å². The van der Waals surface area contributed by atoms with Crippen LogP contribution in [0, 0.1) is 0 Å². The Balaban J connectivity index is 2.85. The zero-order valence-electron chi connectivity index (χ0n) is 12.9. The lowest BCUT2D eigenvalue weighted by Gasteiger charge is -2.34.